The van der Waals surface area contributed by atoms with Gasteiger partial charge in [-0.15, -0.1) is 0 Å². The Hall–Kier alpha value is -3.17. The molecule has 0 heterocycles. The molecule has 0 radical (unpaired) electrons. The van der Waals surface area contributed by atoms with Gasteiger partial charge >= 0.3 is 13.7 Å². The summed E-state index contributed by atoms with van der Waals surface area (Å²) in [5.41, 5.74) is -0.349. The lowest BCUT2D eigenvalue weighted by Crippen LogP contribution is -2.38. The van der Waals surface area contributed by atoms with E-state index in [1.165, 1.54) is 12.1 Å². The molecule has 0 aliphatic carbocycles. The standard InChI is InChI=1S/C24H23F5NO5P/c1-24(2,3)12-11-15(23(31)32)30-36(33,34-16-10-6-8-13-7-4-5-9-14(13)16)35-22-20(28)18(26)17(25)19(27)21(22)29/h4-10,15H,11-12H2,1-3H3,(H,30,33)(H,31,32)/t15-,36?/m0/s1. The molecular formula is C24H23F5NO5P. The van der Waals surface area contributed by atoms with E-state index in [4.69, 9.17) is 9.05 Å². The van der Waals surface area contributed by atoms with Crippen molar-refractivity contribution in [3.8, 4) is 11.5 Å². The summed E-state index contributed by atoms with van der Waals surface area (Å²) in [7, 11) is -5.13. The molecule has 2 atom stereocenters. The van der Waals surface area contributed by atoms with Gasteiger partial charge in [-0.25, -0.2) is 17.7 Å². The summed E-state index contributed by atoms with van der Waals surface area (Å²) < 4.78 is 93.8. The molecule has 3 aromatic rings. The van der Waals surface area contributed by atoms with Gasteiger partial charge in [-0.05, 0) is 29.7 Å². The fraction of sp³-hybridized carbons (Fsp3) is 0.292. The molecule has 0 bridgehead atoms. The molecule has 194 valence electrons. The Kier molecular flexibility index (Phi) is 7.95. The first-order valence-electron chi connectivity index (χ1n) is 10.7. The fourth-order valence-electron chi connectivity index (χ4n) is 3.27. The van der Waals surface area contributed by atoms with Gasteiger partial charge in [-0.3, -0.25) is 4.79 Å². The molecule has 6 nitrogen and oxygen atoms in total. The summed E-state index contributed by atoms with van der Waals surface area (Å²) in [6.45, 7) is 5.47. The quantitative estimate of drug-likeness (QED) is 0.134. The van der Waals surface area contributed by atoms with Crippen LogP contribution in [-0.2, 0) is 9.36 Å². The van der Waals surface area contributed by atoms with E-state index >= 15 is 0 Å². The Morgan fingerprint density at radius 2 is 1.47 bits per heavy atom. The summed E-state index contributed by atoms with van der Waals surface area (Å²) in [6.07, 6.45) is 0.177. The largest absolute Gasteiger partial charge is 0.513 e. The van der Waals surface area contributed by atoms with Crippen molar-refractivity contribution in [3.05, 3.63) is 71.6 Å². The lowest BCUT2D eigenvalue weighted by atomic mass is 9.89. The van der Waals surface area contributed by atoms with E-state index < -0.39 is 54.6 Å². The highest BCUT2D eigenvalue weighted by Gasteiger charge is 2.39. The first-order valence-corrected chi connectivity index (χ1v) is 12.3. The normalized spacial score (nSPS) is 14.3. The molecule has 0 spiro atoms. The molecule has 1 unspecified atom stereocenters. The fourth-order valence-corrected chi connectivity index (χ4v) is 4.86. The van der Waals surface area contributed by atoms with Crippen molar-refractivity contribution in [2.45, 2.75) is 39.7 Å². The summed E-state index contributed by atoms with van der Waals surface area (Å²) in [6, 6.07) is 9.42. The van der Waals surface area contributed by atoms with Crippen molar-refractivity contribution in [1.29, 1.82) is 0 Å². The van der Waals surface area contributed by atoms with Gasteiger partial charge < -0.3 is 14.2 Å². The zero-order valence-electron chi connectivity index (χ0n) is 19.5. The zero-order chi connectivity index (χ0) is 26.8. The SMILES string of the molecule is CC(C)(C)CC[C@H](NP(=O)(Oc1c(F)c(F)c(F)c(F)c1F)Oc1cccc2ccccc12)C(=O)O. The van der Waals surface area contributed by atoms with Crippen molar-refractivity contribution in [1.82, 2.24) is 5.09 Å². The minimum atomic E-state index is -5.13. The molecule has 36 heavy (non-hydrogen) atoms. The number of carboxylic acids is 1. The van der Waals surface area contributed by atoms with E-state index in [1.807, 2.05) is 20.8 Å². The Balaban J connectivity index is 2.10. The number of hydrogen-bond acceptors (Lipinski definition) is 4. The van der Waals surface area contributed by atoms with Crippen LogP contribution >= 0.6 is 7.75 Å². The number of nitrogens with one attached hydrogen (secondary N) is 1. The summed E-state index contributed by atoms with van der Waals surface area (Å²) in [4.78, 5) is 11.9. The minimum absolute atomic E-state index is 0.123. The van der Waals surface area contributed by atoms with Gasteiger partial charge in [0.2, 0.25) is 34.8 Å². The Bertz CT molecular complexity index is 1310. The molecule has 0 saturated carbocycles. The maximum Gasteiger partial charge on any atom is 0.513 e. The first-order chi connectivity index (χ1) is 16.7. The Morgan fingerprint density at radius 1 is 0.917 bits per heavy atom. The Morgan fingerprint density at radius 3 is 2.06 bits per heavy atom. The number of benzene rings is 3. The lowest BCUT2D eigenvalue weighted by Gasteiger charge is -2.26. The molecule has 12 heteroatoms. The highest BCUT2D eigenvalue weighted by atomic mass is 31.2. The maximum absolute atomic E-state index is 14.4. The number of carboxylic acid groups (broad SMARTS) is 1. The molecule has 3 aromatic carbocycles. The topological polar surface area (TPSA) is 84.9 Å². The van der Waals surface area contributed by atoms with E-state index in [2.05, 4.69) is 5.09 Å². The zero-order valence-corrected chi connectivity index (χ0v) is 20.3. The number of aliphatic carboxylic acids is 1. The van der Waals surface area contributed by atoms with Gasteiger partial charge in [0.15, 0.2) is 0 Å². The van der Waals surface area contributed by atoms with Gasteiger partial charge in [0.1, 0.15) is 11.8 Å². The van der Waals surface area contributed by atoms with Crippen LogP contribution in [0.4, 0.5) is 22.0 Å². The van der Waals surface area contributed by atoms with E-state index in [-0.39, 0.29) is 17.6 Å². The maximum atomic E-state index is 14.4. The molecule has 0 aliphatic rings. The van der Waals surface area contributed by atoms with E-state index in [9.17, 15) is 36.4 Å². The van der Waals surface area contributed by atoms with Crippen LogP contribution < -0.4 is 14.1 Å². The van der Waals surface area contributed by atoms with E-state index in [0.717, 1.165) is 0 Å². The van der Waals surface area contributed by atoms with Gasteiger partial charge in [0.25, 0.3) is 0 Å². The number of carbonyl (C=O) groups is 1. The third-order valence-electron chi connectivity index (χ3n) is 5.14. The number of hydrogen-bond donors (Lipinski definition) is 2. The molecule has 3 rings (SSSR count). The number of halogens is 5. The predicted octanol–water partition coefficient (Wildman–Crippen LogP) is 6.97. The van der Waals surface area contributed by atoms with Crippen LogP contribution in [0.3, 0.4) is 0 Å². The molecule has 0 saturated heterocycles. The summed E-state index contributed by atoms with van der Waals surface area (Å²) in [5.74, 6) is -15.4. The molecular weight excluding hydrogens is 508 g/mol. The van der Waals surface area contributed by atoms with Crippen molar-refractivity contribution >= 4 is 24.5 Å². The second-order valence-electron chi connectivity index (χ2n) is 9.18. The number of fused-ring (bicyclic) bond motifs is 1. The third kappa shape index (κ3) is 6.14. The van der Waals surface area contributed by atoms with Crippen LogP contribution in [0.5, 0.6) is 11.5 Å². The van der Waals surface area contributed by atoms with Crippen molar-refractivity contribution in [2.24, 2.45) is 5.41 Å². The lowest BCUT2D eigenvalue weighted by molar-refractivity contribution is -0.139. The molecule has 0 amide bonds. The van der Waals surface area contributed by atoms with Crippen LogP contribution in [0.15, 0.2) is 42.5 Å². The van der Waals surface area contributed by atoms with Crippen LogP contribution in [0.25, 0.3) is 10.8 Å². The molecule has 0 aliphatic heterocycles. The molecule has 0 fully saturated rings. The smallest absolute Gasteiger partial charge is 0.480 e. The number of rotatable bonds is 9. The van der Waals surface area contributed by atoms with E-state index in [1.54, 1.807) is 30.3 Å². The highest BCUT2D eigenvalue weighted by Crippen LogP contribution is 2.49. The van der Waals surface area contributed by atoms with Crippen LogP contribution in [-0.4, -0.2) is 17.1 Å². The second kappa shape index (κ2) is 10.4. The summed E-state index contributed by atoms with van der Waals surface area (Å²) in [5, 5.41) is 12.7. The predicted molar refractivity (Wildman–Crippen MR) is 122 cm³/mol. The van der Waals surface area contributed by atoms with Gasteiger partial charge in [0, 0.05) is 5.39 Å². The molecule has 2 N–H and O–H groups in total. The van der Waals surface area contributed by atoms with E-state index in [0.29, 0.717) is 17.2 Å². The van der Waals surface area contributed by atoms with Crippen molar-refractivity contribution in [2.75, 3.05) is 0 Å². The second-order valence-corrected chi connectivity index (χ2v) is 10.8. The average molecular weight is 531 g/mol. The van der Waals surface area contributed by atoms with Gasteiger partial charge in [0.05, 0.1) is 0 Å². The minimum Gasteiger partial charge on any atom is -0.480 e. The summed E-state index contributed by atoms with van der Waals surface area (Å²) >= 11 is 0. The Labute approximate surface area is 203 Å². The van der Waals surface area contributed by atoms with Crippen molar-refractivity contribution < 1.29 is 45.5 Å². The highest BCUT2D eigenvalue weighted by molar-refractivity contribution is 7.52. The van der Waals surface area contributed by atoms with Crippen molar-refractivity contribution in [3.63, 3.8) is 0 Å². The van der Waals surface area contributed by atoms with Crippen LogP contribution in [0.2, 0.25) is 0 Å². The monoisotopic (exact) mass is 531 g/mol. The average Bonchev–Trinajstić information content (AvgIpc) is 2.81. The molecule has 0 aromatic heterocycles. The third-order valence-corrected chi connectivity index (χ3v) is 6.63. The van der Waals surface area contributed by atoms with Gasteiger partial charge in [-0.1, -0.05) is 57.2 Å². The van der Waals surface area contributed by atoms with Crippen LogP contribution in [0, 0.1) is 34.5 Å². The van der Waals surface area contributed by atoms with Crippen LogP contribution in [0.1, 0.15) is 33.6 Å². The first kappa shape index (κ1) is 27.4. The van der Waals surface area contributed by atoms with Gasteiger partial charge in [-0.2, -0.15) is 13.9 Å².